The summed E-state index contributed by atoms with van der Waals surface area (Å²) >= 11 is 0. The number of hydrogen-bond donors (Lipinski definition) is 1. The van der Waals surface area contributed by atoms with Crippen LogP contribution in [-0.4, -0.2) is 33.5 Å². The van der Waals surface area contributed by atoms with Crippen LogP contribution in [0.15, 0.2) is 30.3 Å². The molecule has 0 spiro atoms. The zero-order valence-electron chi connectivity index (χ0n) is 13.9. The summed E-state index contributed by atoms with van der Waals surface area (Å²) in [7, 11) is 1.38. The number of fused-ring (bicyclic) bond motifs is 1. The second kappa shape index (κ2) is 6.67. The van der Waals surface area contributed by atoms with Crippen molar-refractivity contribution in [3.63, 3.8) is 0 Å². The van der Waals surface area contributed by atoms with E-state index in [1.54, 1.807) is 13.0 Å². The highest BCUT2D eigenvalue weighted by molar-refractivity contribution is 5.82. The van der Waals surface area contributed by atoms with Crippen molar-refractivity contribution >= 4 is 22.4 Å². The van der Waals surface area contributed by atoms with Crippen LogP contribution in [0.2, 0.25) is 0 Å². The Kier molecular flexibility index (Phi) is 4.40. The summed E-state index contributed by atoms with van der Waals surface area (Å²) < 4.78 is 10.6. The van der Waals surface area contributed by atoms with Gasteiger partial charge in [0, 0.05) is 23.8 Å². The third kappa shape index (κ3) is 2.99. The molecule has 134 valence electrons. The largest absolute Gasteiger partial charge is 0.493 e. The summed E-state index contributed by atoms with van der Waals surface area (Å²) in [5, 5.41) is 22.3. The lowest BCUT2D eigenvalue weighted by atomic mass is 10.1. The third-order valence-corrected chi connectivity index (χ3v) is 3.69. The van der Waals surface area contributed by atoms with Crippen LogP contribution >= 0.6 is 0 Å². The maximum Gasteiger partial charge on any atom is 0.315 e. The molecule has 0 atom stereocenters. The average Bonchev–Trinajstić information content (AvgIpc) is 3.04. The highest BCUT2D eigenvalue weighted by atomic mass is 16.6. The number of nitro benzene ring substituents is 2. The van der Waals surface area contributed by atoms with Gasteiger partial charge in [-0.3, -0.25) is 20.2 Å². The fourth-order valence-electron chi connectivity index (χ4n) is 2.55. The Morgan fingerprint density at radius 2 is 1.92 bits per heavy atom. The van der Waals surface area contributed by atoms with Gasteiger partial charge < -0.3 is 14.5 Å². The minimum atomic E-state index is -0.565. The van der Waals surface area contributed by atoms with E-state index in [-0.39, 0.29) is 29.5 Å². The summed E-state index contributed by atoms with van der Waals surface area (Å²) in [6, 6.07) is 7.08. The predicted molar refractivity (Wildman–Crippen MR) is 92.6 cm³/mol. The molecule has 0 saturated carbocycles. The molecule has 10 heteroatoms. The molecule has 10 nitrogen and oxygen atoms in total. The highest BCUT2D eigenvalue weighted by Gasteiger charge is 2.23. The number of nitrogens with zero attached hydrogens (tertiary/aromatic N) is 3. The normalized spacial score (nSPS) is 10.7. The number of aromatic amines is 1. The molecule has 0 bridgehead atoms. The molecule has 0 aliphatic heterocycles. The number of rotatable bonds is 6. The summed E-state index contributed by atoms with van der Waals surface area (Å²) in [5.41, 5.74) is 1.01. The Balaban J connectivity index is 2.16. The van der Waals surface area contributed by atoms with Crippen molar-refractivity contribution in [1.29, 1.82) is 0 Å². The number of H-pyrrole nitrogens is 1. The molecule has 0 fully saturated rings. The van der Waals surface area contributed by atoms with Gasteiger partial charge in [0.15, 0.2) is 5.75 Å². The topological polar surface area (TPSA) is 133 Å². The van der Waals surface area contributed by atoms with Crippen LogP contribution in [0.3, 0.4) is 0 Å². The van der Waals surface area contributed by atoms with Gasteiger partial charge in [0.25, 0.3) is 5.69 Å². The van der Waals surface area contributed by atoms with E-state index in [0.29, 0.717) is 22.4 Å². The summed E-state index contributed by atoms with van der Waals surface area (Å²) in [5.74, 6) is 0.558. The van der Waals surface area contributed by atoms with Crippen molar-refractivity contribution in [2.75, 3.05) is 13.7 Å². The van der Waals surface area contributed by atoms with Gasteiger partial charge in [-0.15, -0.1) is 0 Å². The van der Waals surface area contributed by atoms with Crippen molar-refractivity contribution in [3.8, 4) is 22.9 Å². The third-order valence-electron chi connectivity index (χ3n) is 3.69. The molecule has 26 heavy (non-hydrogen) atoms. The van der Waals surface area contributed by atoms with Gasteiger partial charge >= 0.3 is 5.69 Å². The number of nitro groups is 2. The molecule has 1 heterocycles. The van der Waals surface area contributed by atoms with Crippen molar-refractivity contribution in [2.45, 2.75) is 6.92 Å². The Morgan fingerprint density at radius 3 is 2.54 bits per heavy atom. The standard InChI is InChI=1S/C16H14N4O6/c1-3-26-15-13(20(23)24)6-9(7-14(15)25-2)16-17-11-5-4-10(19(21)22)8-12(11)18-16/h4-8H,3H2,1-2H3,(H,17,18). The first kappa shape index (κ1) is 17.1. The van der Waals surface area contributed by atoms with Gasteiger partial charge in [0.2, 0.25) is 5.75 Å². The van der Waals surface area contributed by atoms with Gasteiger partial charge in [-0.1, -0.05) is 0 Å². The van der Waals surface area contributed by atoms with Crippen LogP contribution < -0.4 is 9.47 Å². The van der Waals surface area contributed by atoms with E-state index >= 15 is 0 Å². The molecule has 0 radical (unpaired) electrons. The van der Waals surface area contributed by atoms with E-state index in [4.69, 9.17) is 9.47 Å². The van der Waals surface area contributed by atoms with E-state index in [1.807, 2.05) is 0 Å². The maximum atomic E-state index is 11.4. The number of hydrogen-bond acceptors (Lipinski definition) is 7. The molecule has 3 aromatic rings. The van der Waals surface area contributed by atoms with Crippen LogP contribution in [-0.2, 0) is 0 Å². The maximum absolute atomic E-state index is 11.4. The fourth-order valence-corrected chi connectivity index (χ4v) is 2.55. The number of non-ortho nitro benzene ring substituents is 1. The highest BCUT2D eigenvalue weighted by Crippen LogP contribution is 2.41. The minimum absolute atomic E-state index is 0.0375. The van der Waals surface area contributed by atoms with Gasteiger partial charge in [-0.25, -0.2) is 4.98 Å². The molecule has 0 amide bonds. The van der Waals surface area contributed by atoms with Crippen LogP contribution in [0.4, 0.5) is 11.4 Å². The van der Waals surface area contributed by atoms with Crippen LogP contribution in [0.25, 0.3) is 22.4 Å². The van der Waals surface area contributed by atoms with Crippen LogP contribution in [0.1, 0.15) is 6.92 Å². The molecule has 1 aromatic heterocycles. The zero-order chi connectivity index (χ0) is 18.8. The molecular weight excluding hydrogens is 344 g/mol. The monoisotopic (exact) mass is 358 g/mol. The molecule has 1 N–H and O–H groups in total. The Morgan fingerprint density at radius 1 is 1.15 bits per heavy atom. The molecule has 0 saturated heterocycles. The molecule has 0 unspecified atom stereocenters. The average molecular weight is 358 g/mol. The van der Waals surface area contributed by atoms with E-state index in [2.05, 4.69) is 9.97 Å². The van der Waals surface area contributed by atoms with Gasteiger partial charge in [-0.2, -0.15) is 0 Å². The molecule has 0 aliphatic rings. The number of imidazole rings is 1. The molecular formula is C16H14N4O6. The summed E-state index contributed by atoms with van der Waals surface area (Å²) in [6.45, 7) is 1.95. The smallest absolute Gasteiger partial charge is 0.315 e. The van der Waals surface area contributed by atoms with Gasteiger partial charge in [0.1, 0.15) is 5.82 Å². The number of aromatic nitrogens is 2. The lowest BCUT2D eigenvalue weighted by Crippen LogP contribution is -2.01. The van der Waals surface area contributed by atoms with E-state index < -0.39 is 9.85 Å². The Labute approximate surface area is 146 Å². The fraction of sp³-hybridized carbons (Fsp3) is 0.188. The second-order valence-electron chi connectivity index (χ2n) is 5.26. The Hall–Kier alpha value is -3.69. The van der Waals surface area contributed by atoms with E-state index in [0.717, 1.165) is 0 Å². The predicted octanol–water partition coefficient (Wildman–Crippen LogP) is 3.45. The lowest BCUT2D eigenvalue weighted by Gasteiger charge is -2.10. The van der Waals surface area contributed by atoms with Crippen molar-refractivity contribution in [3.05, 3.63) is 50.6 Å². The summed E-state index contributed by atoms with van der Waals surface area (Å²) in [6.07, 6.45) is 0. The number of benzene rings is 2. The minimum Gasteiger partial charge on any atom is -0.493 e. The van der Waals surface area contributed by atoms with Crippen molar-refractivity contribution in [1.82, 2.24) is 9.97 Å². The van der Waals surface area contributed by atoms with Crippen molar-refractivity contribution in [2.24, 2.45) is 0 Å². The Bertz CT molecular complexity index is 1010. The van der Waals surface area contributed by atoms with E-state index in [9.17, 15) is 20.2 Å². The van der Waals surface area contributed by atoms with Crippen LogP contribution in [0, 0.1) is 20.2 Å². The van der Waals surface area contributed by atoms with Crippen LogP contribution in [0.5, 0.6) is 11.5 Å². The number of ether oxygens (including phenoxy) is 2. The lowest BCUT2D eigenvalue weighted by molar-refractivity contribution is -0.385. The number of nitrogens with one attached hydrogen (secondary N) is 1. The number of methoxy groups -OCH3 is 1. The first-order valence-corrected chi connectivity index (χ1v) is 7.58. The first-order chi connectivity index (χ1) is 12.4. The molecule has 3 rings (SSSR count). The molecule has 2 aromatic carbocycles. The SMILES string of the molecule is CCOc1c(OC)cc(-c2nc3ccc([N+](=O)[O-])cc3[nH]2)cc1[N+](=O)[O-]. The van der Waals surface area contributed by atoms with Gasteiger partial charge in [-0.05, 0) is 19.1 Å². The zero-order valence-corrected chi connectivity index (χ0v) is 13.9. The second-order valence-corrected chi connectivity index (χ2v) is 5.26. The quantitative estimate of drug-likeness (QED) is 0.527. The first-order valence-electron chi connectivity index (χ1n) is 7.58. The van der Waals surface area contributed by atoms with Crippen molar-refractivity contribution < 1.29 is 19.3 Å². The summed E-state index contributed by atoms with van der Waals surface area (Å²) in [4.78, 5) is 28.5. The molecule has 0 aliphatic carbocycles. The van der Waals surface area contributed by atoms with Gasteiger partial charge in [0.05, 0.1) is 34.6 Å². The van der Waals surface area contributed by atoms with E-state index in [1.165, 1.54) is 31.4 Å².